The molecule has 0 spiro atoms. The summed E-state index contributed by atoms with van der Waals surface area (Å²) in [4.78, 5) is 0. The second-order valence-electron chi connectivity index (χ2n) is 5.13. The molecule has 0 saturated heterocycles. The lowest BCUT2D eigenvalue weighted by molar-refractivity contribution is 0.421. The molecule has 0 amide bonds. The van der Waals surface area contributed by atoms with Crippen molar-refractivity contribution in [1.29, 1.82) is 0 Å². The Bertz CT molecular complexity index is 531. The third-order valence-electron chi connectivity index (χ3n) is 2.92. The molecule has 0 aliphatic heterocycles. The smallest absolute Gasteiger partial charge is 0.125 e. The zero-order chi connectivity index (χ0) is 13.8. The van der Waals surface area contributed by atoms with Gasteiger partial charge >= 0.3 is 0 Å². The van der Waals surface area contributed by atoms with Crippen LogP contribution >= 0.6 is 11.6 Å². The van der Waals surface area contributed by atoms with Crippen LogP contribution in [-0.2, 0) is 13.1 Å². The number of nitrogens with zero attached hydrogens (tertiary/aromatic N) is 2. The number of aromatic nitrogens is 2. The molecule has 0 radical (unpaired) electrons. The minimum Gasteiger partial charge on any atom is -0.463 e. The van der Waals surface area contributed by atoms with Crippen molar-refractivity contribution < 1.29 is 4.42 Å². The van der Waals surface area contributed by atoms with Crippen LogP contribution in [0, 0.1) is 12.8 Å². The fourth-order valence-corrected chi connectivity index (χ4v) is 1.96. The summed E-state index contributed by atoms with van der Waals surface area (Å²) in [7, 11) is 0. The minimum absolute atomic E-state index is 0.614. The van der Waals surface area contributed by atoms with Crippen LogP contribution in [0.25, 0.3) is 0 Å². The highest BCUT2D eigenvalue weighted by Gasteiger charge is 2.07. The Hall–Kier alpha value is -1.26. The number of hydrogen-bond acceptors (Lipinski definition) is 3. The van der Waals surface area contributed by atoms with Gasteiger partial charge in [-0.2, -0.15) is 5.10 Å². The van der Waals surface area contributed by atoms with E-state index in [0.717, 1.165) is 30.3 Å². The van der Waals surface area contributed by atoms with Crippen molar-refractivity contribution in [2.24, 2.45) is 5.92 Å². The van der Waals surface area contributed by atoms with Gasteiger partial charge in [0.25, 0.3) is 0 Å². The summed E-state index contributed by atoms with van der Waals surface area (Å²) in [5, 5.41) is 8.26. The summed E-state index contributed by atoms with van der Waals surface area (Å²) in [6.07, 6.45) is 1.66. The summed E-state index contributed by atoms with van der Waals surface area (Å²) < 4.78 is 7.61. The second kappa shape index (κ2) is 6.26. The quantitative estimate of drug-likeness (QED) is 0.884. The predicted molar refractivity (Wildman–Crippen MR) is 76.3 cm³/mol. The molecule has 4 nitrogen and oxygen atoms in total. The van der Waals surface area contributed by atoms with Crippen LogP contribution in [-0.4, -0.2) is 16.3 Å². The van der Waals surface area contributed by atoms with Gasteiger partial charge in [-0.25, -0.2) is 0 Å². The summed E-state index contributed by atoms with van der Waals surface area (Å²) in [6, 6.07) is 3.99. The molecule has 0 atom stereocenters. The van der Waals surface area contributed by atoms with E-state index in [1.807, 2.05) is 23.7 Å². The van der Waals surface area contributed by atoms with Crippen molar-refractivity contribution >= 4 is 11.6 Å². The highest BCUT2D eigenvalue weighted by Crippen LogP contribution is 2.16. The topological polar surface area (TPSA) is 43.0 Å². The molecule has 1 N–H and O–H groups in total. The van der Waals surface area contributed by atoms with Crippen LogP contribution in [0.2, 0.25) is 5.02 Å². The molecule has 2 rings (SSSR count). The highest BCUT2D eigenvalue weighted by atomic mass is 35.5. The van der Waals surface area contributed by atoms with E-state index in [9.17, 15) is 0 Å². The lowest BCUT2D eigenvalue weighted by Gasteiger charge is -2.05. The monoisotopic (exact) mass is 281 g/mol. The Balaban J connectivity index is 1.92. The largest absolute Gasteiger partial charge is 0.463 e. The van der Waals surface area contributed by atoms with Crippen molar-refractivity contribution in [2.75, 3.05) is 6.54 Å². The van der Waals surface area contributed by atoms with Gasteiger partial charge in [0.05, 0.1) is 30.0 Å². The van der Waals surface area contributed by atoms with Crippen LogP contribution in [0.4, 0.5) is 0 Å². The van der Waals surface area contributed by atoms with Crippen molar-refractivity contribution in [2.45, 2.75) is 33.9 Å². The molecule has 2 aromatic heterocycles. The van der Waals surface area contributed by atoms with E-state index in [1.54, 1.807) is 6.20 Å². The first kappa shape index (κ1) is 14.2. The molecule has 19 heavy (non-hydrogen) atoms. The first-order valence-electron chi connectivity index (χ1n) is 6.52. The Labute approximate surface area is 118 Å². The average molecular weight is 282 g/mol. The van der Waals surface area contributed by atoms with Crippen molar-refractivity contribution in [3.05, 3.63) is 40.6 Å². The first-order valence-corrected chi connectivity index (χ1v) is 6.90. The minimum atomic E-state index is 0.614. The number of halogens is 1. The molecule has 0 fully saturated rings. The van der Waals surface area contributed by atoms with Gasteiger partial charge in [0, 0.05) is 0 Å². The molecule has 0 aromatic carbocycles. The van der Waals surface area contributed by atoms with E-state index in [1.165, 1.54) is 0 Å². The van der Waals surface area contributed by atoms with E-state index in [0.29, 0.717) is 17.5 Å². The number of hydrogen-bond donors (Lipinski definition) is 1. The normalized spacial score (nSPS) is 11.4. The van der Waals surface area contributed by atoms with Gasteiger partial charge in [-0.1, -0.05) is 25.4 Å². The molecule has 104 valence electrons. The molecule has 0 aliphatic rings. The molecular formula is C14H20ClN3O. The van der Waals surface area contributed by atoms with Crippen molar-refractivity contribution in [3.8, 4) is 0 Å². The number of rotatable bonds is 6. The van der Waals surface area contributed by atoms with Gasteiger partial charge in [-0.05, 0) is 31.5 Å². The lowest BCUT2D eigenvalue weighted by atomic mass is 10.2. The van der Waals surface area contributed by atoms with Gasteiger partial charge in [-0.3, -0.25) is 4.68 Å². The van der Waals surface area contributed by atoms with Gasteiger partial charge in [0.2, 0.25) is 0 Å². The molecule has 2 aromatic rings. The molecule has 0 bridgehead atoms. The Kier molecular flexibility index (Phi) is 4.66. The Morgan fingerprint density at radius 3 is 2.74 bits per heavy atom. The van der Waals surface area contributed by atoms with Crippen molar-refractivity contribution in [3.63, 3.8) is 0 Å². The molecule has 0 saturated carbocycles. The SMILES string of the molecule is Cc1c(Cl)cnn1Cc1ccc(CNCC(C)C)o1. The zero-order valence-electron chi connectivity index (χ0n) is 11.6. The third-order valence-corrected chi connectivity index (χ3v) is 3.29. The van der Waals surface area contributed by atoms with E-state index < -0.39 is 0 Å². The lowest BCUT2D eigenvalue weighted by Crippen LogP contribution is -2.18. The summed E-state index contributed by atoms with van der Waals surface area (Å²) >= 11 is 5.98. The van der Waals surface area contributed by atoms with Crippen LogP contribution in [0.3, 0.4) is 0 Å². The summed E-state index contributed by atoms with van der Waals surface area (Å²) in [6.45, 7) is 8.68. The molecule has 0 aliphatic carbocycles. The van der Waals surface area contributed by atoms with Crippen LogP contribution in [0.15, 0.2) is 22.7 Å². The molecule has 0 unspecified atom stereocenters. The highest BCUT2D eigenvalue weighted by molar-refractivity contribution is 6.31. The number of furan rings is 1. The standard InChI is InChI=1S/C14H20ClN3O/c1-10(2)6-16-7-12-4-5-13(19-12)9-18-11(3)14(15)8-17-18/h4-5,8,10,16H,6-7,9H2,1-3H3. The van der Waals surface area contributed by atoms with Gasteiger partial charge < -0.3 is 9.73 Å². The average Bonchev–Trinajstić information content (AvgIpc) is 2.91. The van der Waals surface area contributed by atoms with Gasteiger partial charge in [0.1, 0.15) is 11.5 Å². The Morgan fingerprint density at radius 2 is 2.11 bits per heavy atom. The van der Waals surface area contributed by atoms with E-state index in [2.05, 4.69) is 24.3 Å². The first-order chi connectivity index (χ1) is 9.06. The van der Waals surface area contributed by atoms with Gasteiger partial charge in [-0.15, -0.1) is 0 Å². The van der Waals surface area contributed by atoms with Crippen molar-refractivity contribution in [1.82, 2.24) is 15.1 Å². The summed E-state index contributed by atoms with van der Waals surface area (Å²) in [5.41, 5.74) is 0.956. The van der Waals surface area contributed by atoms with E-state index >= 15 is 0 Å². The van der Waals surface area contributed by atoms with Crippen LogP contribution in [0.5, 0.6) is 0 Å². The molecule has 2 heterocycles. The number of nitrogens with one attached hydrogen (secondary N) is 1. The third kappa shape index (κ3) is 3.85. The van der Waals surface area contributed by atoms with Crippen LogP contribution < -0.4 is 5.32 Å². The van der Waals surface area contributed by atoms with Gasteiger partial charge in [0.15, 0.2) is 0 Å². The molecular weight excluding hydrogens is 262 g/mol. The second-order valence-corrected chi connectivity index (χ2v) is 5.54. The maximum Gasteiger partial charge on any atom is 0.125 e. The fraction of sp³-hybridized carbons (Fsp3) is 0.500. The predicted octanol–water partition coefficient (Wildman–Crippen LogP) is 3.23. The fourth-order valence-electron chi connectivity index (χ4n) is 1.82. The maximum absolute atomic E-state index is 5.98. The van der Waals surface area contributed by atoms with E-state index in [-0.39, 0.29) is 0 Å². The Morgan fingerprint density at radius 1 is 1.37 bits per heavy atom. The molecule has 5 heteroatoms. The van der Waals surface area contributed by atoms with Crippen LogP contribution in [0.1, 0.15) is 31.1 Å². The van der Waals surface area contributed by atoms with E-state index in [4.69, 9.17) is 16.0 Å². The summed E-state index contributed by atoms with van der Waals surface area (Å²) in [5.74, 6) is 2.49. The zero-order valence-corrected chi connectivity index (χ0v) is 12.4. The maximum atomic E-state index is 5.98.